The summed E-state index contributed by atoms with van der Waals surface area (Å²) in [7, 11) is -4.06. The summed E-state index contributed by atoms with van der Waals surface area (Å²) in [6, 6.07) is 11.2. The summed E-state index contributed by atoms with van der Waals surface area (Å²) in [5.41, 5.74) is 1.57. The first-order valence-corrected chi connectivity index (χ1v) is 12.0. The molecule has 174 valence electrons. The fourth-order valence-corrected chi connectivity index (χ4v) is 4.58. The van der Waals surface area contributed by atoms with E-state index < -0.39 is 20.6 Å². The van der Waals surface area contributed by atoms with Gasteiger partial charge in [-0.05, 0) is 37.1 Å². The number of benzene rings is 2. The normalized spacial score (nSPS) is 16.6. The van der Waals surface area contributed by atoms with Crippen LogP contribution in [0.15, 0.2) is 47.4 Å². The first-order valence-electron chi connectivity index (χ1n) is 10.5. The van der Waals surface area contributed by atoms with Gasteiger partial charge in [0.25, 0.3) is 5.69 Å². The Hall–Kier alpha value is -3.51. The largest absolute Gasteiger partial charge is 0.379 e. The summed E-state index contributed by atoms with van der Waals surface area (Å²) in [5, 5.41) is 19.2. The second kappa shape index (κ2) is 9.16. The molecule has 1 saturated heterocycles. The highest BCUT2D eigenvalue weighted by molar-refractivity contribution is 7.89. The van der Waals surface area contributed by atoms with Crippen LogP contribution in [-0.4, -0.2) is 53.8 Å². The SMILES string of the molecule is NS(=O)(=O)c1ccc(NCCC(=O)N2CCCC(c3nc4ccccc4[nH]3)C2)c([N+](=O)[O-])c1. The molecule has 1 atom stereocenters. The average Bonchev–Trinajstić information content (AvgIpc) is 3.23. The summed E-state index contributed by atoms with van der Waals surface area (Å²) in [6.45, 7) is 1.38. The molecule has 12 heteroatoms. The minimum absolute atomic E-state index is 0.0629. The van der Waals surface area contributed by atoms with E-state index in [0.29, 0.717) is 13.1 Å². The van der Waals surface area contributed by atoms with Gasteiger partial charge in [0.05, 0.1) is 20.9 Å². The van der Waals surface area contributed by atoms with Gasteiger partial charge in [-0.15, -0.1) is 0 Å². The zero-order valence-corrected chi connectivity index (χ0v) is 18.5. The number of nitro groups is 1. The Bertz CT molecular complexity index is 1270. The predicted octanol–water partition coefficient (Wildman–Crippen LogP) is 2.33. The molecule has 2 heterocycles. The molecule has 1 aliphatic heterocycles. The van der Waals surface area contributed by atoms with Crippen molar-refractivity contribution in [2.24, 2.45) is 5.14 Å². The topological polar surface area (TPSA) is 164 Å². The number of aromatic amines is 1. The molecule has 3 aromatic rings. The van der Waals surface area contributed by atoms with Crippen LogP contribution in [0.25, 0.3) is 11.0 Å². The van der Waals surface area contributed by atoms with Crippen LogP contribution in [0.4, 0.5) is 11.4 Å². The smallest absolute Gasteiger partial charge is 0.293 e. The number of nitrogens with two attached hydrogens (primary N) is 1. The zero-order valence-electron chi connectivity index (χ0n) is 17.7. The second-order valence-electron chi connectivity index (χ2n) is 7.98. The lowest BCUT2D eigenvalue weighted by atomic mass is 9.97. The van der Waals surface area contributed by atoms with Crippen molar-refractivity contribution < 1.29 is 18.1 Å². The number of hydrogen-bond acceptors (Lipinski definition) is 7. The number of hydrogen-bond donors (Lipinski definition) is 3. The van der Waals surface area contributed by atoms with Crippen molar-refractivity contribution in [2.45, 2.75) is 30.1 Å². The molecule has 0 saturated carbocycles. The van der Waals surface area contributed by atoms with E-state index in [1.807, 2.05) is 24.3 Å². The highest BCUT2D eigenvalue weighted by Gasteiger charge is 2.27. The fourth-order valence-electron chi connectivity index (χ4n) is 4.04. The predicted molar refractivity (Wildman–Crippen MR) is 122 cm³/mol. The van der Waals surface area contributed by atoms with Crippen LogP contribution in [0.3, 0.4) is 0 Å². The van der Waals surface area contributed by atoms with Gasteiger partial charge in [0.1, 0.15) is 11.5 Å². The molecule has 1 fully saturated rings. The molecule has 1 aliphatic rings. The summed E-state index contributed by atoms with van der Waals surface area (Å²) < 4.78 is 22.9. The Morgan fingerprint density at radius 1 is 1.30 bits per heavy atom. The van der Waals surface area contributed by atoms with Gasteiger partial charge in [-0.3, -0.25) is 14.9 Å². The second-order valence-corrected chi connectivity index (χ2v) is 9.54. The average molecular weight is 473 g/mol. The van der Waals surface area contributed by atoms with E-state index in [4.69, 9.17) is 5.14 Å². The number of rotatable bonds is 7. The Kier molecular flexibility index (Phi) is 6.29. The quantitative estimate of drug-likeness (QED) is 0.351. The number of nitrogens with zero attached hydrogens (tertiary/aromatic N) is 3. The number of carbonyl (C=O) groups excluding carboxylic acids is 1. The number of likely N-dealkylation sites (tertiary alicyclic amines) is 1. The number of para-hydroxylation sites is 2. The van der Waals surface area contributed by atoms with Gasteiger partial charge in [-0.1, -0.05) is 12.1 Å². The fraction of sp³-hybridized carbons (Fsp3) is 0.333. The van der Waals surface area contributed by atoms with E-state index in [-0.39, 0.29) is 35.4 Å². The van der Waals surface area contributed by atoms with Crippen LogP contribution in [-0.2, 0) is 14.8 Å². The van der Waals surface area contributed by atoms with Gasteiger partial charge in [0.15, 0.2) is 0 Å². The summed E-state index contributed by atoms with van der Waals surface area (Å²) in [4.78, 5) is 32.9. The van der Waals surface area contributed by atoms with Gasteiger partial charge in [0, 0.05) is 38.0 Å². The molecular weight excluding hydrogens is 448 g/mol. The van der Waals surface area contributed by atoms with Crippen molar-refractivity contribution in [1.82, 2.24) is 14.9 Å². The molecular formula is C21H24N6O5S. The highest BCUT2D eigenvalue weighted by atomic mass is 32.2. The van der Waals surface area contributed by atoms with Crippen LogP contribution >= 0.6 is 0 Å². The van der Waals surface area contributed by atoms with Crippen LogP contribution < -0.4 is 10.5 Å². The minimum atomic E-state index is -4.06. The Labute approximate surface area is 190 Å². The van der Waals surface area contributed by atoms with Crippen molar-refractivity contribution >= 4 is 38.3 Å². The molecule has 1 unspecified atom stereocenters. The molecule has 1 amide bonds. The third kappa shape index (κ3) is 5.12. The maximum atomic E-state index is 12.8. The molecule has 2 aromatic carbocycles. The number of primary sulfonamides is 1. The summed E-state index contributed by atoms with van der Waals surface area (Å²) in [6.07, 6.45) is 1.94. The Balaban J connectivity index is 1.37. The summed E-state index contributed by atoms with van der Waals surface area (Å²) in [5.74, 6) is 0.930. The number of H-pyrrole nitrogens is 1. The number of nitro benzene ring substituents is 1. The lowest BCUT2D eigenvalue weighted by molar-refractivity contribution is -0.384. The number of anilines is 1. The minimum Gasteiger partial charge on any atom is -0.379 e. The number of carbonyl (C=O) groups is 1. The van der Waals surface area contributed by atoms with E-state index in [0.717, 1.165) is 35.8 Å². The number of fused-ring (bicyclic) bond motifs is 1. The van der Waals surface area contributed by atoms with Gasteiger partial charge in [0.2, 0.25) is 15.9 Å². The Morgan fingerprint density at radius 2 is 2.09 bits per heavy atom. The molecule has 33 heavy (non-hydrogen) atoms. The van der Waals surface area contributed by atoms with Gasteiger partial charge in [-0.25, -0.2) is 18.5 Å². The lowest BCUT2D eigenvalue weighted by Gasteiger charge is -2.32. The van der Waals surface area contributed by atoms with E-state index in [1.54, 1.807) is 4.90 Å². The van der Waals surface area contributed by atoms with E-state index in [2.05, 4.69) is 15.3 Å². The van der Waals surface area contributed by atoms with Crippen LogP contribution in [0.5, 0.6) is 0 Å². The van der Waals surface area contributed by atoms with Gasteiger partial charge in [-0.2, -0.15) is 0 Å². The monoisotopic (exact) mass is 472 g/mol. The molecule has 0 spiro atoms. The number of imidazole rings is 1. The van der Waals surface area contributed by atoms with Crippen molar-refractivity contribution in [3.05, 3.63) is 58.4 Å². The van der Waals surface area contributed by atoms with E-state index in [1.165, 1.54) is 12.1 Å². The third-order valence-electron chi connectivity index (χ3n) is 5.72. The zero-order chi connectivity index (χ0) is 23.6. The van der Waals surface area contributed by atoms with E-state index >= 15 is 0 Å². The van der Waals surface area contributed by atoms with Gasteiger partial charge < -0.3 is 15.2 Å². The highest BCUT2D eigenvalue weighted by Crippen LogP contribution is 2.28. The molecule has 0 bridgehead atoms. The number of amides is 1. The first-order chi connectivity index (χ1) is 15.7. The third-order valence-corrected chi connectivity index (χ3v) is 6.63. The van der Waals surface area contributed by atoms with Gasteiger partial charge >= 0.3 is 0 Å². The maximum Gasteiger partial charge on any atom is 0.293 e. The maximum absolute atomic E-state index is 12.8. The Morgan fingerprint density at radius 3 is 2.82 bits per heavy atom. The first kappa shape index (κ1) is 22.7. The molecule has 1 aromatic heterocycles. The number of sulfonamides is 1. The molecule has 0 aliphatic carbocycles. The van der Waals surface area contributed by atoms with Crippen molar-refractivity contribution in [1.29, 1.82) is 0 Å². The molecule has 0 radical (unpaired) electrons. The number of piperidine rings is 1. The standard InChI is InChI=1S/C21H24N6O5S/c22-33(31,32)15-7-8-18(19(12-15)27(29)30)23-10-9-20(28)26-11-3-4-14(13-26)21-24-16-5-1-2-6-17(16)25-21/h1-2,5-8,12,14,23H,3-4,9-11,13H2,(H,24,25)(H2,22,31,32). The molecule has 4 N–H and O–H groups in total. The lowest BCUT2D eigenvalue weighted by Crippen LogP contribution is -2.40. The summed E-state index contributed by atoms with van der Waals surface area (Å²) >= 11 is 0. The van der Waals surface area contributed by atoms with Crippen molar-refractivity contribution in [2.75, 3.05) is 25.0 Å². The van der Waals surface area contributed by atoms with Crippen LogP contribution in [0, 0.1) is 10.1 Å². The number of nitrogens with one attached hydrogen (secondary N) is 2. The molecule has 4 rings (SSSR count). The van der Waals surface area contributed by atoms with E-state index in [9.17, 15) is 23.3 Å². The van der Waals surface area contributed by atoms with Crippen molar-refractivity contribution in [3.8, 4) is 0 Å². The number of aromatic nitrogens is 2. The molecule has 11 nitrogen and oxygen atoms in total. The van der Waals surface area contributed by atoms with Crippen molar-refractivity contribution in [3.63, 3.8) is 0 Å². The van der Waals surface area contributed by atoms with Crippen LogP contribution in [0.2, 0.25) is 0 Å². The van der Waals surface area contributed by atoms with Crippen LogP contribution in [0.1, 0.15) is 31.0 Å².